The van der Waals surface area contributed by atoms with Crippen LogP contribution in [0.5, 0.6) is 0 Å². The van der Waals surface area contributed by atoms with E-state index in [2.05, 4.69) is 99.0 Å². The van der Waals surface area contributed by atoms with Crippen molar-refractivity contribution in [2.75, 3.05) is 13.2 Å². The Morgan fingerprint density at radius 3 is 1.63 bits per heavy atom. The molecule has 0 saturated carbocycles. The van der Waals surface area contributed by atoms with Crippen molar-refractivity contribution in [3.05, 3.63) is 109 Å². The van der Waals surface area contributed by atoms with Crippen molar-refractivity contribution in [1.29, 1.82) is 0 Å². The maximum atomic E-state index is 13.3. The predicted octanol–water partition coefficient (Wildman–Crippen LogP) is 12.9. The third-order valence-electron chi connectivity index (χ3n) is 12.7. The number of aliphatic hydroxyl groups excluding tert-OH is 5. The molecule has 1 aliphatic rings. The Morgan fingerprint density at radius 2 is 1.05 bits per heavy atom. The predicted molar refractivity (Wildman–Crippen MR) is 301 cm³/mol. The second kappa shape index (κ2) is 49.2. The molecular weight excluding hydrogens is 919 g/mol. The highest BCUT2D eigenvalue weighted by atomic mass is 16.7. The van der Waals surface area contributed by atoms with E-state index in [1.165, 1.54) is 38.5 Å². The molecule has 0 aromatic rings. The molecule has 0 aromatic heterocycles. The molecule has 8 atom stereocenters. The lowest BCUT2D eigenvalue weighted by Gasteiger charge is -2.41. The third-order valence-corrected chi connectivity index (χ3v) is 12.7. The number of allylic oxidation sites excluding steroid dienone is 17. The van der Waals surface area contributed by atoms with Crippen LogP contribution in [0.2, 0.25) is 0 Å². The zero-order chi connectivity index (χ0) is 53.3. The minimum Gasteiger partial charge on any atom is -0.454 e. The van der Waals surface area contributed by atoms with Gasteiger partial charge in [0, 0.05) is 6.42 Å². The Kier molecular flexibility index (Phi) is 45.4. The van der Waals surface area contributed by atoms with Crippen LogP contribution >= 0.6 is 0 Å². The van der Waals surface area contributed by atoms with E-state index in [1.807, 2.05) is 30.4 Å². The van der Waals surface area contributed by atoms with Crippen LogP contribution in [0.15, 0.2) is 109 Å². The number of ether oxygens (including phenoxy) is 3. The standard InChI is InChI=1S/C62H103NO10/c1-4-7-10-13-16-19-22-24-25-26-27-28-29-30-31-32-35-38-41-44-47-50-57(67)73-60-59(69)58(68)56(51-64)72-62(60)71-52-53(54(65)48-45-42-39-36-33-21-18-15-12-9-6-3)63-61(70)55(66)49-46-43-40-37-34-23-20-17-14-11-8-5-2/h7-8,10-11,14,16-17,19-20,23-25,27-28,30-31,45,48,53-56,58-60,62,64-66,68-69H,4-6,9,12-13,15,18,21-22,26,29,32-44,46-47,49-52H2,1-3H3,(H,63,70)/b10-7-,11-8+,17-14+,19-16-,23-20-,25-24-,28-27-,31-30-,48-45+. The van der Waals surface area contributed by atoms with Crippen molar-refractivity contribution in [2.24, 2.45) is 0 Å². The fourth-order valence-electron chi connectivity index (χ4n) is 8.20. The first-order valence-corrected chi connectivity index (χ1v) is 28.7. The van der Waals surface area contributed by atoms with Crippen molar-refractivity contribution in [1.82, 2.24) is 5.32 Å². The van der Waals surface area contributed by atoms with Crippen LogP contribution in [-0.4, -0.2) is 99.6 Å². The zero-order valence-electron chi connectivity index (χ0n) is 45.7. The summed E-state index contributed by atoms with van der Waals surface area (Å²) in [5, 5.41) is 56.7. The lowest BCUT2D eigenvalue weighted by atomic mass is 9.99. The summed E-state index contributed by atoms with van der Waals surface area (Å²) in [5.74, 6) is -1.25. The van der Waals surface area contributed by atoms with E-state index in [-0.39, 0.29) is 19.4 Å². The van der Waals surface area contributed by atoms with Crippen molar-refractivity contribution < 1.29 is 49.3 Å². The maximum absolute atomic E-state index is 13.3. The second-order valence-corrected chi connectivity index (χ2v) is 19.3. The molecule has 1 saturated heterocycles. The van der Waals surface area contributed by atoms with Crippen molar-refractivity contribution in [2.45, 2.75) is 256 Å². The minimum absolute atomic E-state index is 0.0924. The lowest BCUT2D eigenvalue weighted by Crippen LogP contribution is -2.61. The molecule has 416 valence electrons. The van der Waals surface area contributed by atoms with Crippen molar-refractivity contribution in [3.63, 3.8) is 0 Å². The summed E-state index contributed by atoms with van der Waals surface area (Å²) < 4.78 is 17.5. The van der Waals surface area contributed by atoms with Crippen molar-refractivity contribution >= 4 is 11.9 Å². The van der Waals surface area contributed by atoms with Gasteiger partial charge in [-0.3, -0.25) is 9.59 Å². The smallest absolute Gasteiger partial charge is 0.306 e. The monoisotopic (exact) mass is 1020 g/mol. The van der Waals surface area contributed by atoms with Crippen LogP contribution < -0.4 is 5.32 Å². The fraction of sp³-hybridized carbons (Fsp3) is 0.677. The summed E-state index contributed by atoms with van der Waals surface area (Å²) in [6, 6.07) is -1.04. The highest BCUT2D eigenvalue weighted by Gasteiger charge is 2.47. The normalized spacial score (nSPS) is 20.2. The minimum atomic E-state index is -1.63. The zero-order valence-corrected chi connectivity index (χ0v) is 45.7. The van der Waals surface area contributed by atoms with E-state index in [0.29, 0.717) is 12.8 Å². The molecule has 1 amide bonds. The van der Waals surface area contributed by atoms with E-state index >= 15 is 0 Å². The largest absolute Gasteiger partial charge is 0.454 e. The quantitative estimate of drug-likeness (QED) is 0.0149. The van der Waals surface area contributed by atoms with Crippen LogP contribution in [0.1, 0.15) is 207 Å². The third kappa shape index (κ3) is 37.7. The summed E-state index contributed by atoms with van der Waals surface area (Å²) in [7, 11) is 0. The number of hydrogen-bond donors (Lipinski definition) is 6. The number of carbonyl (C=O) groups excluding carboxylic acids is 2. The van der Waals surface area contributed by atoms with Gasteiger partial charge < -0.3 is 45.1 Å². The lowest BCUT2D eigenvalue weighted by molar-refractivity contribution is -0.305. The maximum Gasteiger partial charge on any atom is 0.306 e. The first kappa shape index (κ1) is 67.3. The first-order chi connectivity index (χ1) is 35.7. The molecule has 73 heavy (non-hydrogen) atoms. The number of aliphatic hydroxyl groups is 5. The number of nitrogens with one attached hydrogen (secondary N) is 1. The van der Waals surface area contributed by atoms with Gasteiger partial charge in [-0.2, -0.15) is 0 Å². The van der Waals surface area contributed by atoms with Gasteiger partial charge in [0.1, 0.15) is 24.4 Å². The van der Waals surface area contributed by atoms with Crippen LogP contribution in [0.3, 0.4) is 0 Å². The Morgan fingerprint density at radius 1 is 0.562 bits per heavy atom. The van der Waals surface area contributed by atoms with E-state index < -0.39 is 67.4 Å². The van der Waals surface area contributed by atoms with Gasteiger partial charge in [-0.15, -0.1) is 0 Å². The average molecular weight is 1020 g/mol. The van der Waals surface area contributed by atoms with E-state index in [1.54, 1.807) is 6.08 Å². The number of hydrogen-bond acceptors (Lipinski definition) is 10. The van der Waals surface area contributed by atoms with E-state index in [9.17, 15) is 35.1 Å². The van der Waals surface area contributed by atoms with Crippen molar-refractivity contribution in [3.8, 4) is 0 Å². The molecule has 1 fully saturated rings. The Hall–Kier alpha value is -3.68. The van der Waals surface area contributed by atoms with Gasteiger partial charge in [-0.1, -0.05) is 220 Å². The van der Waals surface area contributed by atoms with Crippen LogP contribution in [-0.2, 0) is 23.8 Å². The number of rotatable bonds is 46. The fourth-order valence-corrected chi connectivity index (χ4v) is 8.20. The summed E-state index contributed by atoms with van der Waals surface area (Å²) >= 11 is 0. The molecule has 0 radical (unpaired) electrons. The highest BCUT2D eigenvalue weighted by Crippen LogP contribution is 2.26. The van der Waals surface area contributed by atoms with Gasteiger partial charge in [-0.25, -0.2) is 0 Å². The van der Waals surface area contributed by atoms with Gasteiger partial charge in [0.15, 0.2) is 12.4 Å². The van der Waals surface area contributed by atoms with Gasteiger partial charge in [0.25, 0.3) is 0 Å². The Bertz CT molecular complexity index is 1600. The van der Waals surface area contributed by atoms with Crippen LogP contribution in [0.4, 0.5) is 0 Å². The van der Waals surface area contributed by atoms with Gasteiger partial charge in [-0.05, 0) is 89.9 Å². The molecule has 6 N–H and O–H groups in total. The molecular formula is C62H103NO10. The number of carbonyl (C=O) groups is 2. The first-order valence-electron chi connectivity index (χ1n) is 28.7. The molecule has 0 spiro atoms. The molecule has 11 nitrogen and oxygen atoms in total. The summed E-state index contributed by atoms with van der Waals surface area (Å²) in [6.07, 6.45) is 55.6. The number of amides is 1. The Labute approximate surface area is 443 Å². The molecule has 8 unspecified atom stereocenters. The van der Waals surface area contributed by atoms with Crippen LogP contribution in [0, 0.1) is 0 Å². The van der Waals surface area contributed by atoms with Gasteiger partial charge >= 0.3 is 5.97 Å². The Balaban J connectivity index is 2.71. The molecule has 1 rings (SSSR count). The molecule has 0 aliphatic carbocycles. The highest BCUT2D eigenvalue weighted by molar-refractivity contribution is 5.80. The SMILES string of the molecule is CC/C=C\C/C=C\C/C=C\C/C=C\C/C=C\CCCCCCCC(=O)OC1C(OCC(NC(=O)C(O)CCCCCC\C=C/C=C/C=C/CC)C(O)/C=C/CCCCCCCCCCC)OC(CO)C(O)C1O. The molecule has 1 heterocycles. The van der Waals surface area contributed by atoms with E-state index in [4.69, 9.17) is 14.2 Å². The topological polar surface area (TPSA) is 175 Å². The van der Waals surface area contributed by atoms with Gasteiger partial charge in [0.05, 0.1) is 25.4 Å². The molecule has 1 aliphatic heterocycles. The summed E-state index contributed by atoms with van der Waals surface area (Å²) in [6.45, 7) is 5.48. The summed E-state index contributed by atoms with van der Waals surface area (Å²) in [4.78, 5) is 26.4. The second-order valence-electron chi connectivity index (χ2n) is 19.3. The summed E-state index contributed by atoms with van der Waals surface area (Å²) in [5.41, 5.74) is 0. The molecule has 0 aromatic carbocycles. The van der Waals surface area contributed by atoms with E-state index in [0.717, 1.165) is 122 Å². The van der Waals surface area contributed by atoms with Gasteiger partial charge in [0.2, 0.25) is 5.91 Å². The molecule has 11 heteroatoms. The van der Waals surface area contributed by atoms with Crippen LogP contribution in [0.25, 0.3) is 0 Å². The number of unbranched alkanes of at least 4 members (excludes halogenated alkanes) is 18. The molecule has 0 bridgehead atoms. The average Bonchev–Trinajstić information content (AvgIpc) is 3.39. The number of esters is 1.